The van der Waals surface area contributed by atoms with Crippen molar-refractivity contribution in [1.82, 2.24) is 0 Å². The number of amides is 2. The van der Waals surface area contributed by atoms with Gasteiger partial charge in [0.15, 0.2) is 0 Å². The summed E-state index contributed by atoms with van der Waals surface area (Å²) in [7, 11) is 0. The fraction of sp³-hybridized carbons (Fsp3) is 0.125. The van der Waals surface area contributed by atoms with Crippen molar-refractivity contribution in [2.24, 2.45) is 0 Å². The first-order valence-electron chi connectivity index (χ1n) is 6.69. The molecule has 4 nitrogen and oxygen atoms in total. The van der Waals surface area contributed by atoms with Crippen LogP contribution in [0.3, 0.4) is 0 Å². The molecule has 1 atom stereocenters. The number of imide groups is 1. The molecule has 2 aromatic rings. The summed E-state index contributed by atoms with van der Waals surface area (Å²) in [4.78, 5) is 25.8. The minimum Gasteiger partial charge on any atom is -0.373 e. The highest BCUT2D eigenvalue weighted by Gasteiger charge is 2.40. The monoisotopic (exact) mass is 362 g/mol. The number of nitrogens with zero attached hydrogens (tertiary/aromatic N) is 1. The van der Waals surface area contributed by atoms with Crippen LogP contribution in [-0.4, -0.2) is 17.9 Å². The van der Waals surface area contributed by atoms with E-state index in [2.05, 4.69) is 21.2 Å². The van der Waals surface area contributed by atoms with Crippen molar-refractivity contribution in [3.05, 3.63) is 58.8 Å². The first-order chi connectivity index (χ1) is 10.6. The predicted molar refractivity (Wildman–Crippen MR) is 85.1 cm³/mol. The van der Waals surface area contributed by atoms with E-state index in [1.807, 2.05) is 6.07 Å². The van der Waals surface area contributed by atoms with Crippen LogP contribution >= 0.6 is 15.9 Å². The highest BCUT2D eigenvalue weighted by molar-refractivity contribution is 9.10. The standard InChI is InChI=1S/C16H12BrFN2O2/c17-12-3-1-2-4-14(12)20-15(21)9-13(16(20)22)19-11-7-5-10(18)6-8-11/h1-8,13,19H,9H2. The fourth-order valence-corrected chi connectivity index (χ4v) is 2.84. The Balaban J connectivity index is 1.82. The zero-order chi connectivity index (χ0) is 15.7. The Kier molecular flexibility index (Phi) is 3.94. The van der Waals surface area contributed by atoms with Crippen molar-refractivity contribution < 1.29 is 14.0 Å². The van der Waals surface area contributed by atoms with Gasteiger partial charge in [0.2, 0.25) is 5.91 Å². The Morgan fingerprint density at radius 3 is 2.45 bits per heavy atom. The molecule has 1 unspecified atom stereocenters. The van der Waals surface area contributed by atoms with Crippen LogP contribution in [0, 0.1) is 5.82 Å². The van der Waals surface area contributed by atoms with E-state index in [0.29, 0.717) is 15.8 Å². The average Bonchev–Trinajstić information content (AvgIpc) is 2.77. The number of nitrogens with one attached hydrogen (secondary N) is 1. The van der Waals surface area contributed by atoms with Crippen molar-refractivity contribution in [3.63, 3.8) is 0 Å². The van der Waals surface area contributed by atoms with Crippen molar-refractivity contribution in [2.45, 2.75) is 12.5 Å². The molecule has 1 N–H and O–H groups in total. The summed E-state index contributed by atoms with van der Waals surface area (Å²) in [6, 6.07) is 12.1. The third kappa shape index (κ3) is 2.74. The van der Waals surface area contributed by atoms with Gasteiger partial charge in [-0.3, -0.25) is 9.59 Å². The summed E-state index contributed by atoms with van der Waals surface area (Å²) in [5.41, 5.74) is 1.13. The van der Waals surface area contributed by atoms with Crippen LogP contribution in [0.25, 0.3) is 0 Å². The number of hydrogen-bond donors (Lipinski definition) is 1. The van der Waals surface area contributed by atoms with E-state index in [4.69, 9.17) is 0 Å². The number of carbonyl (C=O) groups excluding carboxylic acids is 2. The Bertz CT molecular complexity index is 733. The van der Waals surface area contributed by atoms with Gasteiger partial charge in [0.05, 0.1) is 12.1 Å². The van der Waals surface area contributed by atoms with Crippen LogP contribution < -0.4 is 10.2 Å². The minimum absolute atomic E-state index is 0.0670. The highest BCUT2D eigenvalue weighted by Crippen LogP contribution is 2.31. The number of anilines is 2. The number of para-hydroxylation sites is 1. The molecule has 112 valence electrons. The van der Waals surface area contributed by atoms with E-state index in [9.17, 15) is 14.0 Å². The maximum atomic E-state index is 12.9. The van der Waals surface area contributed by atoms with Crippen LogP contribution in [0.2, 0.25) is 0 Å². The van der Waals surface area contributed by atoms with Crippen LogP contribution in [0.5, 0.6) is 0 Å². The van der Waals surface area contributed by atoms with Gasteiger partial charge >= 0.3 is 0 Å². The van der Waals surface area contributed by atoms with Crippen LogP contribution in [-0.2, 0) is 9.59 Å². The van der Waals surface area contributed by atoms with Gasteiger partial charge in [-0.25, -0.2) is 9.29 Å². The van der Waals surface area contributed by atoms with Gasteiger partial charge < -0.3 is 5.32 Å². The van der Waals surface area contributed by atoms with Crippen LogP contribution in [0.1, 0.15) is 6.42 Å². The quantitative estimate of drug-likeness (QED) is 0.852. The van der Waals surface area contributed by atoms with Gasteiger partial charge in [0, 0.05) is 10.2 Å². The summed E-state index contributed by atoms with van der Waals surface area (Å²) in [5.74, 6) is -0.938. The first kappa shape index (κ1) is 14.7. The molecule has 0 spiro atoms. The summed E-state index contributed by atoms with van der Waals surface area (Å²) >= 11 is 3.35. The summed E-state index contributed by atoms with van der Waals surface area (Å²) in [6.45, 7) is 0. The largest absolute Gasteiger partial charge is 0.373 e. The lowest BCUT2D eigenvalue weighted by atomic mass is 10.2. The third-order valence-corrected chi connectivity index (χ3v) is 4.10. The molecule has 0 saturated carbocycles. The maximum Gasteiger partial charge on any atom is 0.256 e. The smallest absolute Gasteiger partial charge is 0.256 e. The van der Waals surface area contributed by atoms with E-state index in [-0.39, 0.29) is 24.1 Å². The van der Waals surface area contributed by atoms with Gasteiger partial charge in [-0.2, -0.15) is 0 Å². The first-order valence-corrected chi connectivity index (χ1v) is 7.49. The third-order valence-electron chi connectivity index (χ3n) is 3.43. The molecule has 1 saturated heterocycles. The molecule has 1 aliphatic heterocycles. The van der Waals surface area contributed by atoms with Crippen molar-refractivity contribution in [3.8, 4) is 0 Å². The van der Waals surface area contributed by atoms with Crippen molar-refractivity contribution in [1.29, 1.82) is 0 Å². The Hall–Kier alpha value is -2.21. The Morgan fingerprint density at radius 2 is 1.77 bits per heavy atom. The molecule has 2 aromatic carbocycles. The molecule has 2 amide bonds. The number of benzene rings is 2. The second-order valence-electron chi connectivity index (χ2n) is 4.93. The molecule has 22 heavy (non-hydrogen) atoms. The average molecular weight is 363 g/mol. The van der Waals surface area contributed by atoms with Crippen LogP contribution in [0.4, 0.5) is 15.8 Å². The number of hydrogen-bond acceptors (Lipinski definition) is 3. The molecule has 0 aliphatic carbocycles. The minimum atomic E-state index is -0.648. The molecule has 1 heterocycles. The summed E-state index contributed by atoms with van der Waals surface area (Å²) in [5, 5.41) is 2.97. The van der Waals surface area contributed by atoms with Crippen molar-refractivity contribution >= 4 is 39.1 Å². The summed E-state index contributed by atoms with van der Waals surface area (Å²) < 4.78 is 13.6. The van der Waals surface area contributed by atoms with E-state index < -0.39 is 6.04 Å². The van der Waals surface area contributed by atoms with E-state index in [0.717, 1.165) is 0 Å². The zero-order valence-electron chi connectivity index (χ0n) is 11.4. The molecule has 0 aromatic heterocycles. The maximum absolute atomic E-state index is 12.9. The lowest BCUT2D eigenvalue weighted by Crippen LogP contribution is -2.35. The fourth-order valence-electron chi connectivity index (χ4n) is 2.38. The molecule has 1 fully saturated rings. The molecular formula is C16H12BrFN2O2. The Labute approximate surface area is 135 Å². The van der Waals surface area contributed by atoms with Gasteiger partial charge in [-0.05, 0) is 52.3 Å². The second kappa shape index (κ2) is 5.88. The zero-order valence-corrected chi connectivity index (χ0v) is 13.0. The van der Waals surface area contributed by atoms with E-state index in [1.165, 1.54) is 29.2 Å². The number of halogens is 2. The van der Waals surface area contributed by atoms with E-state index >= 15 is 0 Å². The molecule has 3 rings (SSSR count). The lowest BCUT2D eigenvalue weighted by molar-refractivity contribution is -0.121. The van der Waals surface area contributed by atoms with Crippen molar-refractivity contribution in [2.75, 3.05) is 10.2 Å². The van der Waals surface area contributed by atoms with Gasteiger partial charge in [-0.15, -0.1) is 0 Å². The van der Waals surface area contributed by atoms with Gasteiger partial charge in [-0.1, -0.05) is 12.1 Å². The predicted octanol–water partition coefficient (Wildman–Crippen LogP) is 3.33. The topological polar surface area (TPSA) is 49.4 Å². The lowest BCUT2D eigenvalue weighted by Gasteiger charge is -2.17. The Morgan fingerprint density at radius 1 is 1.09 bits per heavy atom. The van der Waals surface area contributed by atoms with Gasteiger partial charge in [0.25, 0.3) is 5.91 Å². The SMILES string of the molecule is O=C1CC(Nc2ccc(F)cc2)C(=O)N1c1ccccc1Br. The second-order valence-corrected chi connectivity index (χ2v) is 5.78. The normalized spacial score (nSPS) is 17.9. The molecule has 6 heteroatoms. The van der Waals surface area contributed by atoms with Gasteiger partial charge in [0.1, 0.15) is 11.9 Å². The molecular weight excluding hydrogens is 351 g/mol. The van der Waals surface area contributed by atoms with E-state index in [1.54, 1.807) is 18.2 Å². The molecule has 0 bridgehead atoms. The highest BCUT2D eigenvalue weighted by atomic mass is 79.9. The molecule has 0 radical (unpaired) electrons. The molecule has 1 aliphatic rings. The summed E-state index contributed by atoms with van der Waals surface area (Å²) in [6.07, 6.45) is 0.0670. The van der Waals surface area contributed by atoms with Crippen LogP contribution in [0.15, 0.2) is 53.0 Å². The number of carbonyl (C=O) groups is 2. The number of rotatable bonds is 3.